The quantitative estimate of drug-likeness (QED) is 0.0950. The van der Waals surface area contributed by atoms with E-state index in [2.05, 4.69) is 110 Å². The number of nitrogens with one attached hydrogen (secondary N) is 3. The molecular formula is C53H56ClF3N12O4S2. The van der Waals surface area contributed by atoms with Gasteiger partial charge in [-0.3, -0.25) is 14.8 Å². The number of carbonyl (C=O) groups excluding carboxylic acids is 3. The Morgan fingerprint density at radius 1 is 0.733 bits per heavy atom. The van der Waals surface area contributed by atoms with Crippen LogP contribution in [0.2, 0.25) is 5.15 Å². The van der Waals surface area contributed by atoms with Gasteiger partial charge in [0.05, 0.1) is 49.8 Å². The van der Waals surface area contributed by atoms with Gasteiger partial charge >= 0.3 is 24.2 Å². The number of nitrogens with two attached hydrogens (primary N) is 1. The van der Waals surface area contributed by atoms with E-state index in [0.29, 0.717) is 49.2 Å². The molecule has 0 radical (unpaired) electrons. The summed E-state index contributed by atoms with van der Waals surface area (Å²) in [6.07, 6.45) is -2.54. The van der Waals surface area contributed by atoms with E-state index in [1.165, 1.54) is 36.3 Å². The van der Waals surface area contributed by atoms with Crippen molar-refractivity contribution in [3.8, 4) is 0 Å². The number of aliphatic imine (C=N–C) groups is 2. The number of fused-ring (bicyclic) bond motifs is 2. The second-order valence-electron chi connectivity index (χ2n) is 19.7. The second kappa shape index (κ2) is 21.0. The third kappa shape index (κ3) is 11.2. The minimum absolute atomic E-state index is 0.000584. The Kier molecular flexibility index (Phi) is 14.8. The minimum atomic E-state index is -4.55. The third-order valence-corrected chi connectivity index (χ3v) is 16.1. The van der Waals surface area contributed by atoms with Gasteiger partial charge in [-0.15, -0.1) is 22.7 Å². The molecule has 16 nitrogen and oxygen atoms in total. The number of anilines is 1. The van der Waals surface area contributed by atoms with E-state index in [-0.39, 0.29) is 51.2 Å². The first-order valence-corrected chi connectivity index (χ1v) is 26.4. The fourth-order valence-corrected chi connectivity index (χ4v) is 11.6. The highest BCUT2D eigenvalue weighted by molar-refractivity contribution is 7.17. The summed E-state index contributed by atoms with van der Waals surface area (Å²) >= 11 is 8.26. The first-order valence-electron chi connectivity index (χ1n) is 24.2. The summed E-state index contributed by atoms with van der Waals surface area (Å²) in [5, 5.41) is 14.8. The molecule has 12 rings (SSSR count). The molecule has 6 aromatic rings. The zero-order valence-electron chi connectivity index (χ0n) is 42.3. The van der Waals surface area contributed by atoms with Crippen molar-refractivity contribution in [2.75, 3.05) is 38.6 Å². The summed E-state index contributed by atoms with van der Waals surface area (Å²) in [6, 6.07) is 24.8. The van der Waals surface area contributed by atoms with Crippen molar-refractivity contribution < 1.29 is 32.3 Å². The molecule has 4 atom stereocenters. The lowest BCUT2D eigenvalue weighted by Gasteiger charge is -2.34. The summed E-state index contributed by atoms with van der Waals surface area (Å²) in [7, 11) is 1.35. The fourth-order valence-electron chi connectivity index (χ4n) is 9.71. The van der Waals surface area contributed by atoms with Crippen LogP contribution in [0.3, 0.4) is 0 Å². The van der Waals surface area contributed by atoms with Gasteiger partial charge in [-0.1, -0.05) is 72.3 Å². The molecule has 0 saturated heterocycles. The number of aryl methyl sites for hydroxylation is 1. The molecule has 0 spiro atoms. The maximum Gasteiger partial charge on any atom is 0.451 e. The molecule has 8 heterocycles. The molecule has 4 amide bonds. The summed E-state index contributed by atoms with van der Waals surface area (Å²) < 4.78 is 40.8. The highest BCUT2D eigenvalue weighted by atomic mass is 35.5. The number of thiophene rings is 2. The van der Waals surface area contributed by atoms with Gasteiger partial charge < -0.3 is 36.2 Å². The largest absolute Gasteiger partial charge is 0.469 e. The SMILES string of the molecule is CC1(C)C2=C(CN1C(=O)NC1C[C@@H]1c1ccccc1)C(N)=NC2.COC(C)=O.Cc1nc(NC2=NCC3=C2CN(C(=O)N[C@@H]2C[C@H]2c2ccccc2)C3(C)C)c2ccsc2n1.FC(F)(F)c1nc(Cl)c2ccsc2n1. The van der Waals surface area contributed by atoms with E-state index in [9.17, 15) is 27.6 Å². The Morgan fingerprint density at radius 3 is 1.75 bits per heavy atom. The van der Waals surface area contributed by atoms with Crippen LogP contribution in [0.1, 0.15) is 82.1 Å². The van der Waals surface area contributed by atoms with Crippen LogP contribution < -0.4 is 21.7 Å². The molecule has 4 aromatic heterocycles. The van der Waals surface area contributed by atoms with E-state index in [1.54, 1.807) is 22.8 Å². The Morgan fingerprint density at radius 2 is 1.23 bits per heavy atom. The summed E-state index contributed by atoms with van der Waals surface area (Å²) in [4.78, 5) is 65.4. The van der Waals surface area contributed by atoms with Crippen molar-refractivity contribution in [1.29, 1.82) is 0 Å². The average molecular weight is 1080 g/mol. The average Bonchev–Trinajstić information content (AvgIpc) is 3.76. The van der Waals surface area contributed by atoms with Crippen LogP contribution in [0.25, 0.3) is 20.4 Å². The molecule has 75 heavy (non-hydrogen) atoms. The first kappa shape index (κ1) is 52.9. The number of urea groups is 2. The standard InChI is InChI=1S/C25H26N6OS.C18H22N4O.C7H2ClF3N2S.C3H6O2/c1-14-27-22(16-9-10-33-23(16)28-14)30-21-18-13-31(25(2,3)19(18)12-26-21)24(32)29-20-11-17(20)15-7-5-4-6-8-15;1-18(2)14-9-20-16(19)13(14)10-22(18)17(23)21-15-8-12(15)11-6-4-3-5-7-11;8-4-3-1-2-14-5(3)13-6(12-4)7(9,10)11;1-3(4)5-2/h4-10,17,20H,11-13H2,1-3H3,(H,29,32)(H,26,27,28,30);3-7,12,15H,8-10H2,1-2H3,(H2,19,20)(H,21,23);1-2H;1-2H3/t17-,20+;12-,15?;;/m01../s1. The number of rotatable bonds is 5. The van der Waals surface area contributed by atoms with Crippen LogP contribution in [0, 0.1) is 6.92 Å². The van der Waals surface area contributed by atoms with E-state index in [1.807, 2.05) is 52.4 Å². The molecular weight excluding hydrogens is 1030 g/mol. The third-order valence-electron chi connectivity index (χ3n) is 14.2. The zero-order valence-corrected chi connectivity index (χ0v) is 44.6. The number of nitrogens with zero attached hydrogens (tertiary/aromatic N) is 8. The van der Waals surface area contributed by atoms with Crippen LogP contribution in [0.15, 0.2) is 116 Å². The topological polar surface area (TPSA) is 205 Å². The number of alkyl halides is 3. The highest BCUT2D eigenvalue weighted by Gasteiger charge is 2.49. The molecule has 2 fully saturated rings. The van der Waals surface area contributed by atoms with Gasteiger partial charge in [-0.25, -0.2) is 29.5 Å². The number of carbonyl (C=O) groups is 3. The predicted octanol–water partition coefficient (Wildman–Crippen LogP) is 10.0. The van der Waals surface area contributed by atoms with Crippen molar-refractivity contribution in [2.45, 2.75) is 95.6 Å². The molecule has 2 aliphatic carbocycles. The Hall–Kier alpha value is -6.97. The molecule has 1 unspecified atom stereocenters. The van der Waals surface area contributed by atoms with Gasteiger partial charge in [-0.2, -0.15) is 13.2 Å². The first-order chi connectivity index (χ1) is 35.6. The van der Waals surface area contributed by atoms with Crippen LogP contribution in [0.4, 0.5) is 28.6 Å². The normalized spacial score (nSPS) is 21.4. The van der Waals surface area contributed by atoms with Crippen molar-refractivity contribution in [1.82, 2.24) is 40.4 Å². The van der Waals surface area contributed by atoms with Gasteiger partial charge in [0.2, 0.25) is 5.82 Å². The number of halogens is 4. The van der Waals surface area contributed by atoms with Crippen molar-refractivity contribution in [2.24, 2.45) is 15.7 Å². The van der Waals surface area contributed by atoms with Gasteiger partial charge in [0.1, 0.15) is 38.1 Å². The summed E-state index contributed by atoms with van der Waals surface area (Å²) in [5.41, 5.74) is 12.4. The lowest BCUT2D eigenvalue weighted by molar-refractivity contribution is -0.144. The molecule has 4 aliphatic heterocycles. The zero-order chi connectivity index (χ0) is 53.6. The van der Waals surface area contributed by atoms with E-state index < -0.39 is 12.0 Å². The monoisotopic (exact) mass is 1080 g/mol. The number of hydrogen-bond donors (Lipinski definition) is 4. The predicted molar refractivity (Wildman–Crippen MR) is 288 cm³/mol. The lowest BCUT2D eigenvalue weighted by atomic mass is 9.94. The van der Waals surface area contributed by atoms with Crippen LogP contribution in [-0.4, -0.2) is 116 Å². The maximum absolute atomic E-state index is 13.3. The molecule has 392 valence electrons. The minimum Gasteiger partial charge on any atom is -0.469 e. The van der Waals surface area contributed by atoms with E-state index >= 15 is 0 Å². The van der Waals surface area contributed by atoms with Crippen LogP contribution in [-0.2, 0) is 15.7 Å². The van der Waals surface area contributed by atoms with Crippen LogP contribution >= 0.6 is 34.3 Å². The second-order valence-corrected chi connectivity index (χ2v) is 21.9. The molecule has 2 saturated carbocycles. The number of benzene rings is 2. The van der Waals surface area contributed by atoms with Gasteiger partial charge in [0.25, 0.3) is 0 Å². The van der Waals surface area contributed by atoms with Gasteiger partial charge in [0.15, 0.2) is 0 Å². The van der Waals surface area contributed by atoms with Crippen molar-refractivity contribution in [3.05, 3.63) is 134 Å². The Balaban J connectivity index is 0.000000142. The number of ether oxygens (including phenoxy) is 1. The smallest absolute Gasteiger partial charge is 0.451 e. The van der Waals surface area contributed by atoms with Crippen LogP contribution in [0.5, 0.6) is 0 Å². The van der Waals surface area contributed by atoms with Gasteiger partial charge in [-0.05, 0) is 92.6 Å². The maximum atomic E-state index is 13.3. The molecule has 6 aliphatic rings. The Bertz CT molecular complexity index is 3300. The summed E-state index contributed by atoms with van der Waals surface area (Å²) in [5.74, 6) is 2.32. The molecule has 5 N–H and O–H groups in total. The number of amidine groups is 2. The van der Waals surface area contributed by atoms with Crippen molar-refractivity contribution >= 4 is 90.2 Å². The number of hydrogen-bond acceptors (Lipinski definition) is 14. The van der Waals surface area contributed by atoms with E-state index in [4.69, 9.17) is 22.3 Å². The molecule has 2 aromatic carbocycles. The van der Waals surface area contributed by atoms with Gasteiger partial charge in [0, 0.05) is 47.4 Å². The Labute approximate surface area is 444 Å². The number of amides is 4. The highest BCUT2D eigenvalue weighted by Crippen LogP contribution is 2.44. The number of aromatic nitrogens is 4. The van der Waals surface area contributed by atoms with Crippen molar-refractivity contribution in [3.63, 3.8) is 0 Å². The molecule has 22 heteroatoms. The fraction of sp³-hybridized carbons (Fsp3) is 0.377. The van der Waals surface area contributed by atoms with E-state index in [0.717, 1.165) is 63.0 Å². The number of methoxy groups -OCH3 is 1. The lowest BCUT2D eigenvalue weighted by Crippen LogP contribution is -2.51. The molecule has 0 bridgehead atoms. The number of esters is 1. The summed E-state index contributed by atoms with van der Waals surface area (Å²) in [6.45, 7) is 14.0.